The van der Waals surface area contributed by atoms with Gasteiger partial charge < -0.3 is 19.7 Å². The maximum Gasteiger partial charge on any atom is 0.436 e. The number of aromatic nitrogens is 2. The minimum absolute atomic E-state index is 0.121. The Morgan fingerprint density at radius 3 is 2.47 bits per heavy atom. The fourth-order valence-electron chi connectivity index (χ4n) is 4.18. The average Bonchev–Trinajstić information content (AvgIpc) is 3.44. The molecule has 0 spiro atoms. The third kappa shape index (κ3) is 5.00. The topological polar surface area (TPSA) is 85.7 Å². The number of ether oxygens (including phenoxy) is 2. The number of esters is 1. The van der Waals surface area contributed by atoms with Crippen molar-refractivity contribution in [3.63, 3.8) is 0 Å². The Hall–Kier alpha value is -4.02. The van der Waals surface area contributed by atoms with Crippen LogP contribution in [0.5, 0.6) is 5.75 Å². The number of carbonyl (C=O) groups excluding carboxylic acids is 2. The number of methoxy groups -OCH3 is 2. The lowest BCUT2D eigenvalue weighted by molar-refractivity contribution is -0.141. The van der Waals surface area contributed by atoms with E-state index < -0.39 is 35.4 Å². The number of benzene rings is 2. The minimum atomic E-state index is -4.81. The zero-order chi connectivity index (χ0) is 26.0. The maximum absolute atomic E-state index is 13.9. The van der Waals surface area contributed by atoms with Gasteiger partial charge in [0.2, 0.25) is 0 Å². The summed E-state index contributed by atoms with van der Waals surface area (Å²) in [6.07, 6.45) is -4.81. The SMILES string of the molecule is COC(=O)c1ccc(C(C)NC(=O)c2c(C(F)(F)F)nn3c2N(Cc2cccc(OC)c2)CC3)cc1. The largest absolute Gasteiger partial charge is 0.497 e. The van der Waals surface area contributed by atoms with E-state index >= 15 is 0 Å². The number of rotatable bonds is 7. The Bertz CT molecular complexity index is 1270. The Labute approximate surface area is 205 Å². The number of nitrogens with zero attached hydrogens (tertiary/aromatic N) is 3. The molecular formula is C25H25F3N4O4. The second kappa shape index (κ2) is 9.92. The molecule has 190 valence electrons. The highest BCUT2D eigenvalue weighted by Crippen LogP contribution is 2.39. The van der Waals surface area contributed by atoms with E-state index in [0.29, 0.717) is 23.4 Å². The van der Waals surface area contributed by atoms with Gasteiger partial charge in [0.1, 0.15) is 17.1 Å². The molecule has 1 aromatic heterocycles. The molecular weight excluding hydrogens is 477 g/mol. The fraction of sp³-hybridized carbons (Fsp3) is 0.320. The summed E-state index contributed by atoms with van der Waals surface area (Å²) in [5.41, 5.74) is 0.0193. The standard InChI is InChI=1S/C25H25F3N4O4/c1-15(17-7-9-18(10-8-17)24(34)36-3)29-22(33)20-21(25(26,27)28)30-32-12-11-31(23(20)32)14-16-5-4-6-19(13-16)35-2/h4-10,13,15H,11-12,14H2,1-3H3,(H,29,33). The molecule has 36 heavy (non-hydrogen) atoms. The summed E-state index contributed by atoms with van der Waals surface area (Å²) >= 11 is 0. The summed E-state index contributed by atoms with van der Waals surface area (Å²) in [5.74, 6) is -0.651. The van der Waals surface area contributed by atoms with E-state index in [9.17, 15) is 22.8 Å². The Morgan fingerprint density at radius 1 is 1.11 bits per heavy atom. The monoisotopic (exact) mass is 502 g/mol. The molecule has 1 amide bonds. The Morgan fingerprint density at radius 2 is 1.83 bits per heavy atom. The van der Waals surface area contributed by atoms with Crippen LogP contribution >= 0.6 is 0 Å². The molecule has 4 rings (SSSR count). The number of hydrogen-bond acceptors (Lipinski definition) is 6. The first-order valence-electron chi connectivity index (χ1n) is 11.2. The van der Waals surface area contributed by atoms with Crippen molar-refractivity contribution < 1.29 is 32.2 Å². The van der Waals surface area contributed by atoms with Gasteiger partial charge in [0.25, 0.3) is 5.91 Å². The Balaban J connectivity index is 1.62. The first kappa shape index (κ1) is 25.1. The van der Waals surface area contributed by atoms with Crippen molar-refractivity contribution in [2.45, 2.75) is 32.2 Å². The number of amides is 1. The van der Waals surface area contributed by atoms with E-state index in [4.69, 9.17) is 4.74 Å². The van der Waals surface area contributed by atoms with Crippen LogP contribution in [0.1, 0.15) is 50.5 Å². The van der Waals surface area contributed by atoms with Gasteiger partial charge >= 0.3 is 12.1 Å². The van der Waals surface area contributed by atoms with Crippen molar-refractivity contribution in [2.75, 3.05) is 25.7 Å². The first-order valence-corrected chi connectivity index (χ1v) is 11.2. The zero-order valence-corrected chi connectivity index (χ0v) is 19.9. The number of anilines is 1. The smallest absolute Gasteiger partial charge is 0.436 e. The number of carbonyl (C=O) groups is 2. The van der Waals surface area contributed by atoms with Crippen LogP contribution in [-0.2, 0) is 24.0 Å². The van der Waals surface area contributed by atoms with Crippen LogP contribution in [0.2, 0.25) is 0 Å². The molecule has 3 aromatic rings. The lowest BCUT2D eigenvalue weighted by Crippen LogP contribution is -2.31. The second-order valence-electron chi connectivity index (χ2n) is 8.35. The highest BCUT2D eigenvalue weighted by atomic mass is 19.4. The van der Waals surface area contributed by atoms with Crippen molar-refractivity contribution in [3.8, 4) is 5.75 Å². The molecule has 2 aromatic carbocycles. The quantitative estimate of drug-likeness (QED) is 0.488. The first-order chi connectivity index (χ1) is 17.1. The highest BCUT2D eigenvalue weighted by molar-refractivity contribution is 6.01. The van der Waals surface area contributed by atoms with E-state index in [1.807, 2.05) is 6.07 Å². The van der Waals surface area contributed by atoms with Gasteiger partial charge in [-0.05, 0) is 42.3 Å². The number of fused-ring (bicyclic) bond motifs is 1. The van der Waals surface area contributed by atoms with Crippen molar-refractivity contribution in [1.82, 2.24) is 15.1 Å². The minimum Gasteiger partial charge on any atom is -0.497 e. The summed E-state index contributed by atoms with van der Waals surface area (Å²) in [6.45, 7) is 2.56. The predicted molar refractivity (Wildman–Crippen MR) is 125 cm³/mol. The molecule has 1 N–H and O–H groups in total. The third-order valence-corrected chi connectivity index (χ3v) is 5.99. The van der Waals surface area contributed by atoms with Crippen LogP contribution < -0.4 is 15.0 Å². The summed E-state index contributed by atoms with van der Waals surface area (Å²) in [7, 11) is 2.80. The molecule has 1 aliphatic rings. The number of halogens is 3. The van der Waals surface area contributed by atoms with Crippen LogP contribution in [-0.4, -0.2) is 42.4 Å². The molecule has 1 unspecified atom stereocenters. The van der Waals surface area contributed by atoms with Crippen LogP contribution in [0.15, 0.2) is 48.5 Å². The number of alkyl halides is 3. The van der Waals surface area contributed by atoms with E-state index in [1.165, 1.54) is 31.0 Å². The van der Waals surface area contributed by atoms with E-state index in [-0.39, 0.29) is 18.9 Å². The molecule has 0 saturated heterocycles. The van der Waals surface area contributed by atoms with E-state index in [2.05, 4.69) is 15.2 Å². The predicted octanol–water partition coefficient (Wildman–Crippen LogP) is 4.21. The van der Waals surface area contributed by atoms with Gasteiger partial charge in [-0.2, -0.15) is 18.3 Å². The average molecular weight is 502 g/mol. The summed E-state index contributed by atoms with van der Waals surface area (Å²) in [4.78, 5) is 26.6. The molecule has 0 aliphatic carbocycles. The van der Waals surface area contributed by atoms with Gasteiger partial charge in [-0.15, -0.1) is 0 Å². The van der Waals surface area contributed by atoms with Gasteiger partial charge in [0.15, 0.2) is 5.69 Å². The molecule has 0 fully saturated rings. The zero-order valence-electron chi connectivity index (χ0n) is 19.9. The maximum atomic E-state index is 13.9. The molecule has 11 heteroatoms. The molecule has 0 saturated carbocycles. The van der Waals surface area contributed by atoms with Crippen LogP contribution in [0, 0.1) is 0 Å². The molecule has 1 atom stereocenters. The van der Waals surface area contributed by atoms with Crippen LogP contribution in [0.4, 0.5) is 19.0 Å². The van der Waals surface area contributed by atoms with Gasteiger partial charge in [0, 0.05) is 13.1 Å². The normalized spacial score (nSPS) is 13.8. The molecule has 2 heterocycles. The van der Waals surface area contributed by atoms with Gasteiger partial charge in [-0.3, -0.25) is 4.79 Å². The molecule has 8 nitrogen and oxygen atoms in total. The van der Waals surface area contributed by atoms with Gasteiger partial charge in [-0.1, -0.05) is 24.3 Å². The third-order valence-electron chi connectivity index (χ3n) is 5.99. The Kier molecular flexibility index (Phi) is 6.91. The number of hydrogen-bond donors (Lipinski definition) is 1. The van der Waals surface area contributed by atoms with E-state index in [1.54, 1.807) is 42.2 Å². The second-order valence-corrected chi connectivity index (χ2v) is 8.35. The van der Waals surface area contributed by atoms with Crippen LogP contribution in [0.25, 0.3) is 0 Å². The molecule has 0 bridgehead atoms. The fourth-order valence-corrected chi connectivity index (χ4v) is 4.18. The lowest BCUT2D eigenvalue weighted by Gasteiger charge is -2.21. The highest BCUT2D eigenvalue weighted by Gasteiger charge is 2.44. The summed E-state index contributed by atoms with van der Waals surface area (Å²) in [5, 5.41) is 6.39. The molecule has 1 aliphatic heterocycles. The lowest BCUT2D eigenvalue weighted by atomic mass is 10.1. The van der Waals surface area contributed by atoms with Crippen molar-refractivity contribution in [1.29, 1.82) is 0 Å². The summed E-state index contributed by atoms with van der Waals surface area (Å²) in [6, 6.07) is 12.8. The summed E-state index contributed by atoms with van der Waals surface area (Å²) < 4.78 is 52.8. The van der Waals surface area contributed by atoms with Crippen LogP contribution in [0.3, 0.4) is 0 Å². The van der Waals surface area contributed by atoms with Gasteiger partial charge in [0.05, 0.1) is 32.4 Å². The van der Waals surface area contributed by atoms with Crippen molar-refractivity contribution in [3.05, 3.63) is 76.5 Å². The molecule has 0 radical (unpaired) electrons. The number of nitrogens with one attached hydrogen (secondary N) is 1. The van der Waals surface area contributed by atoms with E-state index in [0.717, 1.165) is 5.56 Å². The van der Waals surface area contributed by atoms with Crippen molar-refractivity contribution in [2.24, 2.45) is 0 Å². The van der Waals surface area contributed by atoms with Gasteiger partial charge in [-0.25, -0.2) is 9.48 Å². The van der Waals surface area contributed by atoms with Crippen molar-refractivity contribution >= 4 is 17.7 Å².